The summed E-state index contributed by atoms with van der Waals surface area (Å²) in [5.74, 6) is -2.49. The van der Waals surface area contributed by atoms with Crippen LogP contribution in [0.15, 0.2) is 73.3 Å². The van der Waals surface area contributed by atoms with Gasteiger partial charge < -0.3 is 5.11 Å². The molecule has 0 spiro atoms. The molecule has 5 nitrogen and oxygen atoms in total. The van der Waals surface area contributed by atoms with E-state index in [1.54, 1.807) is 30.3 Å². The van der Waals surface area contributed by atoms with Crippen LogP contribution >= 0.6 is 11.6 Å². The van der Waals surface area contributed by atoms with Gasteiger partial charge in [-0.3, -0.25) is 4.90 Å². The van der Waals surface area contributed by atoms with Gasteiger partial charge in [0.2, 0.25) is 0 Å². The monoisotopic (exact) mass is 503 g/mol. The summed E-state index contributed by atoms with van der Waals surface area (Å²) in [7, 11) is 0. The van der Waals surface area contributed by atoms with Crippen LogP contribution in [0.2, 0.25) is 5.02 Å². The predicted octanol–water partition coefficient (Wildman–Crippen LogP) is 5.42. The number of halogens is 4. The minimum Gasteiger partial charge on any atom is -0.381 e. The van der Waals surface area contributed by atoms with E-state index in [0.717, 1.165) is 17.0 Å². The normalized spacial score (nSPS) is 15.8. The maximum atomic E-state index is 15.1. The van der Waals surface area contributed by atoms with E-state index in [1.807, 2.05) is 0 Å². The Morgan fingerprint density at radius 2 is 1.86 bits per heavy atom. The quantitative estimate of drug-likeness (QED) is 0.348. The Morgan fingerprint density at radius 3 is 2.49 bits per heavy atom. The highest BCUT2D eigenvalue weighted by Gasteiger charge is 2.41. The Bertz CT molecular complexity index is 1400. The fraction of sp³-hybridized carbons (Fsp3) is 0.231. The fourth-order valence-electron chi connectivity index (χ4n) is 3.96. The Morgan fingerprint density at radius 1 is 1.09 bits per heavy atom. The van der Waals surface area contributed by atoms with E-state index in [1.165, 1.54) is 36.4 Å². The van der Waals surface area contributed by atoms with Crippen molar-refractivity contribution in [3.05, 3.63) is 107 Å². The molecule has 1 N–H and O–H groups in total. The first-order chi connectivity index (χ1) is 17.9. The Hall–Kier alpha value is -3.20. The lowest BCUT2D eigenvalue weighted by Crippen LogP contribution is -2.50. The zero-order valence-electron chi connectivity index (χ0n) is 21.7. The van der Waals surface area contributed by atoms with Crippen LogP contribution < -0.4 is 0 Å². The maximum absolute atomic E-state index is 15.1. The molecule has 0 fully saturated rings. The van der Waals surface area contributed by atoms with Crippen molar-refractivity contribution in [1.29, 1.82) is 0 Å². The summed E-state index contributed by atoms with van der Waals surface area (Å²) in [6.07, 6.45) is 2.49. The molecule has 1 aromatic heterocycles. The Kier molecular flexibility index (Phi) is 6.15. The standard InChI is InChI=1S/C26H24ClF3N4O/c1-17(26(35,14-34-16-31-15-32-34)23-10-8-21(28)12-25(23)30)33(2)13-18-3-9-22(24(29)11-18)19-4-6-20(27)7-5-19/h3-12,15-17,35H,13-14H2,1-2H3/t17-,26-/m1/s1/i2D3. The largest absolute Gasteiger partial charge is 0.381 e. The van der Waals surface area contributed by atoms with Crippen molar-refractivity contribution in [2.45, 2.75) is 31.7 Å². The van der Waals surface area contributed by atoms with E-state index < -0.39 is 36.1 Å². The molecule has 1 heterocycles. The molecule has 0 aliphatic heterocycles. The number of hydrogen-bond donors (Lipinski definition) is 1. The first-order valence-electron chi connectivity index (χ1n) is 12.2. The summed E-state index contributed by atoms with van der Waals surface area (Å²) in [5.41, 5.74) is -1.31. The van der Waals surface area contributed by atoms with E-state index in [9.17, 15) is 13.9 Å². The predicted molar refractivity (Wildman–Crippen MR) is 128 cm³/mol. The van der Waals surface area contributed by atoms with Crippen molar-refractivity contribution in [2.24, 2.45) is 0 Å². The first-order valence-corrected chi connectivity index (χ1v) is 11.1. The molecule has 3 aromatic carbocycles. The molecular weight excluding hydrogens is 477 g/mol. The minimum absolute atomic E-state index is 0.301. The SMILES string of the molecule is [2H]C([2H])([2H])N(Cc1ccc(-c2ccc(Cl)cc2)c(F)c1)[C@H](C)[C@](O)(Cn1cncn1)c1ccc(F)cc1F. The van der Waals surface area contributed by atoms with Crippen LogP contribution in [0.25, 0.3) is 11.1 Å². The van der Waals surface area contributed by atoms with Gasteiger partial charge in [0.25, 0.3) is 0 Å². The first kappa shape index (κ1) is 21.1. The number of aliphatic hydroxyl groups is 1. The third-order valence-electron chi connectivity index (χ3n) is 5.97. The number of hydrogen-bond acceptors (Lipinski definition) is 4. The lowest BCUT2D eigenvalue weighted by molar-refractivity contribution is -0.0591. The van der Waals surface area contributed by atoms with Crippen LogP contribution in [-0.4, -0.2) is 37.8 Å². The summed E-state index contributed by atoms with van der Waals surface area (Å²) in [6.45, 7) is -2.06. The van der Waals surface area contributed by atoms with Gasteiger partial charge in [-0.1, -0.05) is 41.9 Å². The van der Waals surface area contributed by atoms with Gasteiger partial charge in [-0.05, 0) is 49.3 Å². The number of aromatic nitrogens is 3. The van der Waals surface area contributed by atoms with Crippen molar-refractivity contribution in [2.75, 3.05) is 6.98 Å². The molecule has 4 rings (SSSR count). The van der Waals surface area contributed by atoms with Gasteiger partial charge in [0.1, 0.15) is 35.7 Å². The molecule has 0 amide bonds. The highest BCUT2D eigenvalue weighted by Crippen LogP contribution is 2.33. The number of benzene rings is 3. The number of rotatable bonds is 8. The van der Waals surface area contributed by atoms with Crippen molar-refractivity contribution >= 4 is 11.6 Å². The summed E-state index contributed by atoms with van der Waals surface area (Å²) < 4.78 is 69.4. The van der Waals surface area contributed by atoms with Crippen molar-refractivity contribution < 1.29 is 22.4 Å². The highest BCUT2D eigenvalue weighted by molar-refractivity contribution is 6.30. The van der Waals surface area contributed by atoms with Crippen LogP contribution in [0, 0.1) is 17.5 Å². The summed E-state index contributed by atoms with van der Waals surface area (Å²) in [4.78, 5) is 4.78. The van der Waals surface area contributed by atoms with Crippen LogP contribution in [-0.2, 0) is 18.7 Å². The highest BCUT2D eigenvalue weighted by atomic mass is 35.5. The second-order valence-corrected chi connectivity index (χ2v) is 8.70. The van der Waals surface area contributed by atoms with Crippen LogP contribution in [0.4, 0.5) is 13.2 Å². The van der Waals surface area contributed by atoms with Gasteiger partial charge in [0.05, 0.1) is 6.54 Å². The molecule has 0 unspecified atom stereocenters. The fourth-order valence-corrected chi connectivity index (χ4v) is 4.08. The van der Waals surface area contributed by atoms with Gasteiger partial charge in [0, 0.05) is 38.9 Å². The van der Waals surface area contributed by atoms with Crippen molar-refractivity contribution in [3.8, 4) is 11.1 Å². The molecule has 4 aromatic rings. The van der Waals surface area contributed by atoms with E-state index >= 15 is 4.39 Å². The molecule has 182 valence electrons. The average Bonchev–Trinajstić information content (AvgIpc) is 3.35. The van der Waals surface area contributed by atoms with E-state index in [0.29, 0.717) is 27.8 Å². The minimum atomic E-state index is -2.78. The molecule has 35 heavy (non-hydrogen) atoms. The van der Waals surface area contributed by atoms with Gasteiger partial charge >= 0.3 is 0 Å². The topological polar surface area (TPSA) is 54.2 Å². The average molecular weight is 504 g/mol. The van der Waals surface area contributed by atoms with Gasteiger partial charge in [-0.25, -0.2) is 22.8 Å². The molecule has 0 saturated heterocycles. The van der Waals surface area contributed by atoms with Crippen LogP contribution in [0.5, 0.6) is 0 Å². The maximum Gasteiger partial charge on any atom is 0.137 e. The molecule has 0 aliphatic rings. The van der Waals surface area contributed by atoms with E-state index in [2.05, 4.69) is 10.1 Å². The molecule has 0 aliphatic carbocycles. The third kappa shape index (κ3) is 5.40. The summed E-state index contributed by atoms with van der Waals surface area (Å²) >= 11 is 5.91. The lowest BCUT2D eigenvalue weighted by atomic mass is 9.85. The number of likely N-dealkylation sites (N-methyl/N-ethyl adjacent to an activating group) is 1. The van der Waals surface area contributed by atoms with Gasteiger partial charge in [0.15, 0.2) is 0 Å². The molecule has 9 heteroatoms. The zero-order chi connectivity index (χ0) is 27.7. The second-order valence-electron chi connectivity index (χ2n) is 8.27. The molecule has 0 radical (unpaired) electrons. The van der Waals surface area contributed by atoms with Crippen LogP contribution in [0.1, 0.15) is 22.2 Å². The van der Waals surface area contributed by atoms with Crippen LogP contribution in [0.3, 0.4) is 0 Å². The molecule has 0 bridgehead atoms. The molecular formula is C26H24ClF3N4O. The third-order valence-corrected chi connectivity index (χ3v) is 6.22. The Balaban J connectivity index is 1.72. The molecule has 0 saturated carbocycles. The number of nitrogens with zero attached hydrogens (tertiary/aromatic N) is 4. The molecule has 2 atom stereocenters. The van der Waals surface area contributed by atoms with Crippen molar-refractivity contribution in [1.82, 2.24) is 19.7 Å². The second kappa shape index (κ2) is 10.2. The Labute approximate surface area is 210 Å². The smallest absolute Gasteiger partial charge is 0.137 e. The summed E-state index contributed by atoms with van der Waals surface area (Å²) in [6, 6.07) is 12.3. The summed E-state index contributed by atoms with van der Waals surface area (Å²) in [5, 5.41) is 16.3. The van der Waals surface area contributed by atoms with E-state index in [-0.39, 0.29) is 18.7 Å². The van der Waals surface area contributed by atoms with Gasteiger partial charge in [-0.15, -0.1) is 0 Å². The lowest BCUT2D eigenvalue weighted by Gasteiger charge is -2.40. The van der Waals surface area contributed by atoms with Crippen molar-refractivity contribution in [3.63, 3.8) is 0 Å². The van der Waals surface area contributed by atoms with E-state index in [4.69, 9.17) is 15.7 Å². The zero-order valence-corrected chi connectivity index (χ0v) is 19.4. The van der Waals surface area contributed by atoms with Gasteiger partial charge in [-0.2, -0.15) is 5.10 Å².